The number of hydrogen-bond donors (Lipinski definition) is 3. The van der Waals surface area contributed by atoms with Crippen LogP contribution in [0.1, 0.15) is 29.6 Å². The molecule has 0 bridgehead atoms. The zero-order valence-corrected chi connectivity index (χ0v) is 16.1. The molecule has 8 heteroatoms. The number of aliphatic hydroxyl groups is 2. The van der Waals surface area contributed by atoms with Crippen molar-refractivity contribution in [3.8, 4) is 11.5 Å². The van der Waals surface area contributed by atoms with Gasteiger partial charge in [0.25, 0.3) is 5.91 Å². The quantitative estimate of drug-likeness (QED) is 0.669. The topological polar surface area (TPSA) is 91.3 Å². The van der Waals surface area contributed by atoms with Gasteiger partial charge in [-0.25, -0.2) is 0 Å². The fourth-order valence-electron chi connectivity index (χ4n) is 3.51. The van der Waals surface area contributed by atoms with E-state index in [1.165, 1.54) is 0 Å². The number of piperidine rings is 1. The van der Waals surface area contributed by atoms with Gasteiger partial charge in [0.05, 0.1) is 24.9 Å². The number of hydrogen-bond acceptors (Lipinski definition) is 6. The minimum absolute atomic E-state index is 0.00529. The van der Waals surface area contributed by atoms with E-state index in [0.717, 1.165) is 25.9 Å². The molecule has 1 aromatic carbocycles. The van der Waals surface area contributed by atoms with Crippen LogP contribution >= 0.6 is 11.6 Å². The standard InChI is InChI=1S/C19H27ClN2O5/c20-14-9-15(18-17(10-14)26-7-2-8-27-18)19(25)21-11-13-3-5-22(4-1-6-23)12-16(13)24/h9-10,13,16,23-24H,1-8,11-12H2,(H,21,25)/t13?,16-/m1/s1. The van der Waals surface area contributed by atoms with Crippen LogP contribution in [0.25, 0.3) is 0 Å². The molecule has 2 atom stereocenters. The van der Waals surface area contributed by atoms with E-state index in [2.05, 4.69) is 10.2 Å². The Morgan fingerprint density at radius 3 is 2.93 bits per heavy atom. The average Bonchev–Trinajstić information content (AvgIpc) is 2.90. The largest absolute Gasteiger partial charge is 0.489 e. The molecule has 27 heavy (non-hydrogen) atoms. The van der Waals surface area contributed by atoms with Gasteiger partial charge in [0.2, 0.25) is 0 Å². The number of aliphatic hydroxyl groups excluding tert-OH is 2. The van der Waals surface area contributed by atoms with Crippen LogP contribution in [-0.2, 0) is 0 Å². The summed E-state index contributed by atoms with van der Waals surface area (Å²) >= 11 is 6.13. The highest BCUT2D eigenvalue weighted by molar-refractivity contribution is 6.31. The van der Waals surface area contributed by atoms with E-state index in [-0.39, 0.29) is 18.4 Å². The van der Waals surface area contributed by atoms with Gasteiger partial charge in [0.15, 0.2) is 11.5 Å². The van der Waals surface area contributed by atoms with Gasteiger partial charge in [-0.1, -0.05) is 11.6 Å². The van der Waals surface area contributed by atoms with Gasteiger partial charge in [-0.2, -0.15) is 0 Å². The van der Waals surface area contributed by atoms with Crippen molar-refractivity contribution in [1.82, 2.24) is 10.2 Å². The van der Waals surface area contributed by atoms with Crippen LogP contribution in [0.3, 0.4) is 0 Å². The van der Waals surface area contributed by atoms with E-state index in [4.69, 9.17) is 26.2 Å². The molecule has 1 amide bonds. The van der Waals surface area contributed by atoms with Gasteiger partial charge in [-0.15, -0.1) is 0 Å². The second-order valence-electron chi connectivity index (χ2n) is 7.03. The van der Waals surface area contributed by atoms with Crippen LogP contribution in [0, 0.1) is 5.92 Å². The first-order valence-electron chi connectivity index (χ1n) is 9.47. The summed E-state index contributed by atoms with van der Waals surface area (Å²) in [5.41, 5.74) is 0.356. The Hall–Kier alpha value is -1.54. The molecule has 150 valence electrons. The lowest BCUT2D eigenvalue weighted by Gasteiger charge is -2.36. The number of likely N-dealkylation sites (tertiary alicyclic amines) is 1. The van der Waals surface area contributed by atoms with Crippen LogP contribution in [0.2, 0.25) is 5.02 Å². The summed E-state index contributed by atoms with van der Waals surface area (Å²) in [6, 6.07) is 3.24. The number of carbonyl (C=O) groups is 1. The Balaban J connectivity index is 1.59. The van der Waals surface area contributed by atoms with Crippen molar-refractivity contribution >= 4 is 17.5 Å². The second-order valence-corrected chi connectivity index (χ2v) is 7.47. The molecule has 3 N–H and O–H groups in total. The number of carbonyl (C=O) groups excluding carboxylic acids is 1. The number of amides is 1. The molecule has 3 rings (SSSR count). The first-order chi connectivity index (χ1) is 13.1. The van der Waals surface area contributed by atoms with E-state index in [1.54, 1.807) is 12.1 Å². The molecule has 0 aromatic heterocycles. The highest BCUT2D eigenvalue weighted by Gasteiger charge is 2.28. The molecule has 0 spiro atoms. The Morgan fingerprint density at radius 1 is 1.33 bits per heavy atom. The van der Waals surface area contributed by atoms with E-state index < -0.39 is 6.10 Å². The molecule has 7 nitrogen and oxygen atoms in total. The number of rotatable bonds is 6. The molecule has 0 radical (unpaired) electrons. The lowest BCUT2D eigenvalue weighted by Crippen LogP contribution is -2.47. The van der Waals surface area contributed by atoms with Crippen molar-refractivity contribution in [3.05, 3.63) is 22.7 Å². The molecular formula is C19H27ClN2O5. The van der Waals surface area contributed by atoms with E-state index >= 15 is 0 Å². The number of nitrogens with zero attached hydrogens (tertiary/aromatic N) is 1. The van der Waals surface area contributed by atoms with Crippen LogP contribution in [0.5, 0.6) is 11.5 Å². The molecule has 1 aromatic rings. The van der Waals surface area contributed by atoms with Crippen LogP contribution < -0.4 is 14.8 Å². The van der Waals surface area contributed by atoms with E-state index in [0.29, 0.717) is 54.8 Å². The van der Waals surface area contributed by atoms with Gasteiger partial charge >= 0.3 is 0 Å². The van der Waals surface area contributed by atoms with E-state index in [1.807, 2.05) is 0 Å². The van der Waals surface area contributed by atoms with Gasteiger partial charge in [0, 0.05) is 49.7 Å². The number of ether oxygens (including phenoxy) is 2. The molecule has 1 fully saturated rings. The van der Waals surface area contributed by atoms with Crippen molar-refractivity contribution in [2.45, 2.75) is 25.4 Å². The third kappa shape index (κ3) is 5.25. The third-order valence-electron chi connectivity index (χ3n) is 5.02. The molecule has 2 aliphatic rings. The lowest BCUT2D eigenvalue weighted by atomic mass is 9.93. The minimum atomic E-state index is -0.506. The molecule has 1 unspecified atom stereocenters. The maximum Gasteiger partial charge on any atom is 0.255 e. The fourth-order valence-corrected chi connectivity index (χ4v) is 3.72. The van der Waals surface area contributed by atoms with Crippen LogP contribution in [0.15, 0.2) is 12.1 Å². The average molecular weight is 399 g/mol. The Kier molecular flexibility index (Phi) is 7.18. The highest BCUT2D eigenvalue weighted by Crippen LogP contribution is 2.36. The van der Waals surface area contributed by atoms with Crippen LogP contribution in [-0.4, -0.2) is 73.1 Å². The molecule has 2 aliphatic heterocycles. The number of benzene rings is 1. The third-order valence-corrected chi connectivity index (χ3v) is 5.24. The van der Waals surface area contributed by atoms with Gasteiger partial charge in [-0.05, 0) is 25.5 Å². The summed E-state index contributed by atoms with van der Waals surface area (Å²) in [5, 5.41) is 22.6. The Labute approximate surface area is 164 Å². The van der Waals surface area contributed by atoms with Crippen LogP contribution in [0.4, 0.5) is 0 Å². The predicted molar refractivity (Wildman–Crippen MR) is 102 cm³/mol. The van der Waals surface area contributed by atoms with Crippen molar-refractivity contribution in [2.75, 3.05) is 46.0 Å². The van der Waals surface area contributed by atoms with Crippen molar-refractivity contribution in [3.63, 3.8) is 0 Å². The van der Waals surface area contributed by atoms with Gasteiger partial charge in [0.1, 0.15) is 0 Å². The first-order valence-corrected chi connectivity index (χ1v) is 9.85. The lowest BCUT2D eigenvalue weighted by molar-refractivity contribution is 0.0201. The van der Waals surface area contributed by atoms with Gasteiger partial charge in [-0.3, -0.25) is 4.79 Å². The minimum Gasteiger partial charge on any atom is -0.489 e. The number of β-amino-alcohol motifs (C(OH)–C–C–N with tert-alkyl or cyclic N) is 1. The summed E-state index contributed by atoms with van der Waals surface area (Å²) < 4.78 is 11.3. The van der Waals surface area contributed by atoms with Gasteiger partial charge < -0.3 is 29.9 Å². The monoisotopic (exact) mass is 398 g/mol. The van der Waals surface area contributed by atoms with E-state index in [9.17, 15) is 9.90 Å². The number of fused-ring (bicyclic) bond motifs is 1. The Morgan fingerprint density at radius 2 is 2.15 bits per heavy atom. The summed E-state index contributed by atoms with van der Waals surface area (Å²) in [4.78, 5) is 14.9. The highest BCUT2D eigenvalue weighted by atomic mass is 35.5. The molecule has 1 saturated heterocycles. The number of nitrogens with one attached hydrogen (secondary N) is 1. The maximum absolute atomic E-state index is 12.7. The Bertz CT molecular complexity index is 657. The van der Waals surface area contributed by atoms with Crippen molar-refractivity contribution in [2.24, 2.45) is 5.92 Å². The fraction of sp³-hybridized carbons (Fsp3) is 0.632. The summed E-state index contributed by atoms with van der Waals surface area (Å²) in [7, 11) is 0. The zero-order valence-electron chi connectivity index (χ0n) is 15.3. The molecular weight excluding hydrogens is 372 g/mol. The molecule has 0 saturated carbocycles. The predicted octanol–water partition coefficient (Wildman–Crippen LogP) is 1.30. The zero-order chi connectivity index (χ0) is 19.2. The van der Waals surface area contributed by atoms with Crippen molar-refractivity contribution < 1.29 is 24.5 Å². The smallest absolute Gasteiger partial charge is 0.255 e. The van der Waals surface area contributed by atoms with Crippen molar-refractivity contribution in [1.29, 1.82) is 0 Å². The second kappa shape index (κ2) is 9.59. The molecule has 2 heterocycles. The summed E-state index contributed by atoms with van der Waals surface area (Å²) in [5.74, 6) is 0.625. The maximum atomic E-state index is 12.7. The molecule has 0 aliphatic carbocycles. The normalized spacial score (nSPS) is 22.9. The SMILES string of the molecule is O=C(NCC1CCN(CCCO)C[C@H]1O)c1cc(Cl)cc2c1OCCCO2. The number of halogens is 1. The summed E-state index contributed by atoms with van der Waals surface area (Å²) in [6.45, 7) is 3.73. The summed E-state index contributed by atoms with van der Waals surface area (Å²) in [6.07, 6.45) is 1.73. The first kappa shape index (κ1) is 20.2.